The average molecular weight is 489 g/mol. The van der Waals surface area contributed by atoms with Crippen LogP contribution in [0.1, 0.15) is 0 Å². The van der Waals surface area contributed by atoms with Crippen LogP contribution in [0.5, 0.6) is 5.75 Å². The molecule has 1 heterocycles. The zero-order chi connectivity index (χ0) is 22.0. The van der Waals surface area contributed by atoms with Crippen LogP contribution in [0.3, 0.4) is 0 Å². The van der Waals surface area contributed by atoms with Crippen molar-refractivity contribution in [3.05, 3.63) is 71.1 Å². The van der Waals surface area contributed by atoms with Gasteiger partial charge in [-0.3, -0.25) is 4.72 Å². The summed E-state index contributed by atoms with van der Waals surface area (Å²) in [6, 6.07) is 17.9. The first kappa shape index (κ1) is 25.5. The third-order valence-corrected chi connectivity index (χ3v) is 5.19. The molecule has 3 aromatic carbocycles. The summed E-state index contributed by atoms with van der Waals surface area (Å²) >= 11 is 0. The molecule has 0 saturated heterocycles. The van der Waals surface area contributed by atoms with Crippen molar-refractivity contribution in [1.82, 2.24) is 4.98 Å². The van der Waals surface area contributed by atoms with E-state index in [0.717, 1.165) is 33.7 Å². The van der Waals surface area contributed by atoms with Crippen LogP contribution < -0.4 is 14.8 Å². The first-order valence-electron chi connectivity index (χ1n) is 9.18. The topological polar surface area (TPSA) is 161 Å². The van der Waals surface area contributed by atoms with Crippen LogP contribution in [-0.2, 0) is 10.0 Å². The highest BCUT2D eigenvalue weighted by Gasteiger charge is 2.13. The van der Waals surface area contributed by atoms with Gasteiger partial charge in [0.25, 0.3) is 0 Å². The summed E-state index contributed by atoms with van der Waals surface area (Å²) in [5.74, 6) is 0.453. The Hall–Kier alpha value is -3.76. The number of ether oxygens (including phenoxy) is 1. The van der Waals surface area contributed by atoms with Gasteiger partial charge in [-0.25, -0.2) is 13.4 Å². The Labute approximate surface area is 196 Å². The number of aromatic nitrogens is 1. The fourth-order valence-electron chi connectivity index (χ4n) is 3.33. The number of hydrogen-bond donors (Lipinski definition) is 2. The van der Waals surface area contributed by atoms with E-state index in [2.05, 4.69) is 20.1 Å². The predicted octanol–water partition coefficient (Wildman–Crippen LogP) is 5.05. The quantitative estimate of drug-likeness (QED) is 0.168. The number of nitrogens with zero attached hydrogens (tertiary/aromatic N) is 4. The van der Waals surface area contributed by atoms with E-state index >= 15 is 0 Å². The maximum absolute atomic E-state index is 11.5. The third kappa shape index (κ3) is 5.54. The molecule has 0 aliphatic rings. The maximum Gasteiger partial charge on any atom is 0.229 e. The molecule has 4 rings (SSSR count). The van der Waals surface area contributed by atoms with Crippen molar-refractivity contribution in [3.63, 3.8) is 0 Å². The van der Waals surface area contributed by atoms with Gasteiger partial charge in [-0.1, -0.05) is 29.4 Å². The Morgan fingerprint density at radius 2 is 1.76 bits per heavy atom. The third-order valence-electron chi connectivity index (χ3n) is 4.59. The zero-order valence-electron chi connectivity index (χ0n) is 17.6. The number of benzene rings is 3. The molecule has 1 aromatic heterocycles. The minimum absolute atomic E-state index is 0. The molecular weight excluding hydrogens is 468 g/mol. The molecular formula is C21H21ClN6O4S. The van der Waals surface area contributed by atoms with Gasteiger partial charge in [-0.2, -0.15) is 0 Å². The largest absolute Gasteiger partial charge is 0.494 e. The standard InChI is InChI=1S/C21H18N6O3S.ClH.H2O/c1-30-20-12-14(26-31(2,28)29)8-10-19(20)24-21-15-5-3-4-6-17(15)23-18-9-7-13(25-27-22)11-16(18)21;;/h3-12,26H,1-2H3,(H,23,24);1H;1H2. The molecule has 0 spiro atoms. The van der Waals surface area contributed by atoms with Crippen molar-refractivity contribution >= 4 is 67.0 Å². The Bertz CT molecular complexity index is 1470. The summed E-state index contributed by atoms with van der Waals surface area (Å²) in [5, 5.41) is 8.73. The Morgan fingerprint density at radius 3 is 2.45 bits per heavy atom. The van der Waals surface area contributed by atoms with Crippen LogP contribution in [0, 0.1) is 0 Å². The smallest absolute Gasteiger partial charge is 0.229 e. The average Bonchev–Trinajstić information content (AvgIpc) is 2.74. The molecule has 0 bridgehead atoms. The molecule has 10 nitrogen and oxygen atoms in total. The first-order chi connectivity index (χ1) is 14.9. The Morgan fingerprint density at radius 1 is 1.03 bits per heavy atom. The molecule has 172 valence electrons. The predicted molar refractivity (Wildman–Crippen MR) is 134 cm³/mol. The second-order valence-electron chi connectivity index (χ2n) is 6.81. The van der Waals surface area contributed by atoms with Gasteiger partial charge in [0.15, 0.2) is 0 Å². The summed E-state index contributed by atoms with van der Waals surface area (Å²) in [6.45, 7) is 0. The highest BCUT2D eigenvalue weighted by molar-refractivity contribution is 7.92. The Balaban J connectivity index is 0.00000193. The fraction of sp³-hybridized carbons (Fsp3) is 0.0952. The summed E-state index contributed by atoms with van der Waals surface area (Å²) in [4.78, 5) is 7.56. The molecule has 4 aromatic rings. The van der Waals surface area contributed by atoms with Crippen molar-refractivity contribution in [1.29, 1.82) is 0 Å². The molecule has 0 unspecified atom stereocenters. The van der Waals surface area contributed by atoms with Gasteiger partial charge >= 0.3 is 0 Å². The van der Waals surface area contributed by atoms with Crippen LogP contribution in [-0.4, -0.2) is 32.2 Å². The monoisotopic (exact) mass is 488 g/mol. The van der Waals surface area contributed by atoms with Gasteiger partial charge in [0, 0.05) is 27.4 Å². The van der Waals surface area contributed by atoms with E-state index in [1.165, 1.54) is 7.11 Å². The first-order valence-corrected chi connectivity index (χ1v) is 11.1. The summed E-state index contributed by atoms with van der Waals surface area (Å²) in [7, 11) is -1.91. The van der Waals surface area contributed by atoms with Crippen molar-refractivity contribution < 1.29 is 18.6 Å². The molecule has 0 aliphatic carbocycles. The SMILES string of the molecule is COc1cc(NS(C)(=O)=O)ccc1Nc1c2ccccc2nc2ccc(N=[N+]=[N-])cc12.Cl.O. The number of azide groups is 1. The van der Waals surface area contributed by atoms with E-state index < -0.39 is 10.0 Å². The number of para-hydroxylation sites is 1. The van der Waals surface area contributed by atoms with E-state index in [1.54, 1.807) is 36.4 Å². The Kier molecular flexibility index (Phi) is 7.91. The van der Waals surface area contributed by atoms with Gasteiger partial charge in [-0.05, 0) is 35.9 Å². The molecule has 0 amide bonds. The molecule has 0 radical (unpaired) electrons. The minimum Gasteiger partial charge on any atom is -0.494 e. The zero-order valence-corrected chi connectivity index (χ0v) is 19.2. The number of rotatable bonds is 6. The highest BCUT2D eigenvalue weighted by Crippen LogP contribution is 2.38. The van der Waals surface area contributed by atoms with E-state index in [9.17, 15) is 8.42 Å². The van der Waals surface area contributed by atoms with Crippen LogP contribution in [0.25, 0.3) is 32.2 Å². The summed E-state index contributed by atoms with van der Waals surface area (Å²) < 4.78 is 31.0. The molecule has 4 N–H and O–H groups in total. The normalized spacial score (nSPS) is 10.5. The molecule has 12 heteroatoms. The van der Waals surface area contributed by atoms with E-state index in [4.69, 9.17) is 15.3 Å². The van der Waals surface area contributed by atoms with Crippen molar-refractivity contribution in [2.75, 3.05) is 23.4 Å². The van der Waals surface area contributed by atoms with Crippen LogP contribution in [0.4, 0.5) is 22.7 Å². The van der Waals surface area contributed by atoms with Crippen LogP contribution in [0.2, 0.25) is 0 Å². The number of anilines is 3. The van der Waals surface area contributed by atoms with Gasteiger partial charge in [0.1, 0.15) is 5.75 Å². The van der Waals surface area contributed by atoms with E-state index in [-0.39, 0.29) is 17.9 Å². The fourth-order valence-corrected chi connectivity index (χ4v) is 3.89. The summed E-state index contributed by atoms with van der Waals surface area (Å²) in [5.41, 5.74) is 12.6. The van der Waals surface area contributed by atoms with Crippen molar-refractivity contribution in [2.45, 2.75) is 0 Å². The van der Waals surface area contributed by atoms with Crippen LogP contribution in [0.15, 0.2) is 65.8 Å². The van der Waals surface area contributed by atoms with Crippen molar-refractivity contribution in [3.8, 4) is 5.75 Å². The lowest BCUT2D eigenvalue weighted by molar-refractivity contribution is 0.417. The molecule has 0 atom stereocenters. The number of pyridine rings is 1. The molecule has 0 fully saturated rings. The number of halogens is 1. The van der Waals surface area contributed by atoms with E-state index in [1.807, 2.05) is 24.3 Å². The lowest BCUT2D eigenvalue weighted by atomic mass is 10.1. The van der Waals surface area contributed by atoms with Gasteiger partial charge in [-0.15, -0.1) is 12.4 Å². The summed E-state index contributed by atoms with van der Waals surface area (Å²) in [6.07, 6.45) is 1.09. The number of nitrogens with one attached hydrogen (secondary N) is 2. The van der Waals surface area contributed by atoms with Gasteiger partial charge in [0.2, 0.25) is 10.0 Å². The lowest BCUT2D eigenvalue weighted by Gasteiger charge is -2.17. The minimum atomic E-state index is -3.42. The number of methoxy groups -OCH3 is 1. The number of hydrogen-bond acceptors (Lipinski definition) is 6. The second-order valence-corrected chi connectivity index (χ2v) is 8.56. The number of fused-ring (bicyclic) bond motifs is 2. The van der Waals surface area contributed by atoms with Gasteiger partial charge in [0.05, 0.1) is 41.5 Å². The second kappa shape index (κ2) is 10.2. The molecule has 33 heavy (non-hydrogen) atoms. The van der Waals surface area contributed by atoms with E-state index in [0.29, 0.717) is 22.8 Å². The molecule has 0 saturated carbocycles. The van der Waals surface area contributed by atoms with Crippen molar-refractivity contribution in [2.24, 2.45) is 5.11 Å². The van der Waals surface area contributed by atoms with Crippen LogP contribution >= 0.6 is 12.4 Å². The molecule has 0 aliphatic heterocycles. The van der Waals surface area contributed by atoms with Gasteiger partial charge < -0.3 is 15.5 Å². The maximum atomic E-state index is 11.5. The number of sulfonamides is 1. The highest BCUT2D eigenvalue weighted by atomic mass is 35.5. The lowest BCUT2D eigenvalue weighted by Crippen LogP contribution is -2.09.